The molecular formula is C21H19NO4. The van der Waals surface area contributed by atoms with E-state index in [1.54, 1.807) is 31.2 Å². The number of nitrogens with one attached hydrogen (secondary N) is 1. The lowest BCUT2D eigenvalue weighted by Crippen LogP contribution is -2.20. The maximum absolute atomic E-state index is 12.2. The van der Waals surface area contributed by atoms with E-state index in [-0.39, 0.29) is 12.5 Å². The minimum absolute atomic E-state index is 0.127. The minimum atomic E-state index is -0.421. The number of carbonyl (C=O) groups excluding carboxylic acids is 2. The molecule has 5 heteroatoms. The molecule has 3 rings (SSSR count). The molecule has 0 aromatic heterocycles. The second-order valence-corrected chi connectivity index (χ2v) is 5.62. The molecule has 0 aliphatic heterocycles. The molecule has 0 spiro atoms. The van der Waals surface area contributed by atoms with Crippen LogP contribution >= 0.6 is 0 Å². The minimum Gasteiger partial charge on any atom is -0.483 e. The van der Waals surface area contributed by atoms with Gasteiger partial charge in [-0.1, -0.05) is 42.5 Å². The van der Waals surface area contributed by atoms with Gasteiger partial charge in [0.2, 0.25) is 0 Å². The third kappa shape index (κ3) is 4.19. The molecule has 26 heavy (non-hydrogen) atoms. The molecule has 0 saturated carbocycles. The molecular weight excluding hydrogens is 330 g/mol. The van der Waals surface area contributed by atoms with Crippen molar-refractivity contribution in [3.05, 3.63) is 72.3 Å². The molecule has 3 aromatic carbocycles. The van der Waals surface area contributed by atoms with Gasteiger partial charge in [0.15, 0.2) is 6.61 Å². The predicted molar refractivity (Wildman–Crippen MR) is 100 cm³/mol. The van der Waals surface area contributed by atoms with E-state index >= 15 is 0 Å². The summed E-state index contributed by atoms with van der Waals surface area (Å²) in [5.74, 6) is -0.0759. The van der Waals surface area contributed by atoms with Crippen LogP contribution in [0.1, 0.15) is 17.3 Å². The van der Waals surface area contributed by atoms with E-state index in [0.29, 0.717) is 23.6 Å². The standard InChI is InChI=1S/C21H19NO4/c1-2-25-21(24)16-9-5-10-17(13-16)22-20(23)14-26-19-12-6-8-15-7-3-4-11-18(15)19/h3-13H,2,14H2,1H3,(H,22,23). The van der Waals surface area contributed by atoms with Gasteiger partial charge in [-0.05, 0) is 36.6 Å². The van der Waals surface area contributed by atoms with Crippen LogP contribution in [-0.2, 0) is 9.53 Å². The molecule has 0 saturated heterocycles. The Balaban J connectivity index is 1.64. The number of hydrogen-bond donors (Lipinski definition) is 1. The fraction of sp³-hybridized carbons (Fsp3) is 0.143. The number of hydrogen-bond acceptors (Lipinski definition) is 4. The monoisotopic (exact) mass is 349 g/mol. The van der Waals surface area contributed by atoms with E-state index in [1.165, 1.54) is 0 Å². The van der Waals surface area contributed by atoms with Gasteiger partial charge in [0, 0.05) is 11.1 Å². The molecule has 132 valence electrons. The van der Waals surface area contributed by atoms with E-state index < -0.39 is 5.97 Å². The van der Waals surface area contributed by atoms with Crippen molar-refractivity contribution in [1.29, 1.82) is 0 Å². The molecule has 0 unspecified atom stereocenters. The van der Waals surface area contributed by atoms with Gasteiger partial charge in [-0.3, -0.25) is 4.79 Å². The fourth-order valence-corrected chi connectivity index (χ4v) is 2.60. The quantitative estimate of drug-likeness (QED) is 0.682. The number of fused-ring (bicyclic) bond motifs is 1. The summed E-state index contributed by atoms with van der Waals surface area (Å²) < 4.78 is 10.6. The summed E-state index contributed by atoms with van der Waals surface area (Å²) in [6.07, 6.45) is 0. The SMILES string of the molecule is CCOC(=O)c1cccc(NC(=O)COc2cccc3ccccc23)c1. The second kappa shape index (κ2) is 8.16. The zero-order valence-corrected chi connectivity index (χ0v) is 14.4. The Kier molecular flexibility index (Phi) is 5.49. The first-order chi connectivity index (χ1) is 12.7. The smallest absolute Gasteiger partial charge is 0.338 e. The van der Waals surface area contributed by atoms with Gasteiger partial charge >= 0.3 is 5.97 Å². The first kappa shape index (κ1) is 17.5. The Morgan fingerprint density at radius 3 is 2.58 bits per heavy atom. The van der Waals surface area contributed by atoms with Crippen LogP contribution in [0.15, 0.2) is 66.7 Å². The van der Waals surface area contributed by atoms with Crippen molar-refractivity contribution < 1.29 is 19.1 Å². The molecule has 5 nitrogen and oxygen atoms in total. The lowest BCUT2D eigenvalue weighted by atomic mass is 10.1. The molecule has 1 N–H and O–H groups in total. The van der Waals surface area contributed by atoms with Crippen molar-refractivity contribution >= 4 is 28.3 Å². The number of anilines is 1. The summed E-state index contributed by atoms with van der Waals surface area (Å²) in [7, 11) is 0. The maximum Gasteiger partial charge on any atom is 0.338 e. The van der Waals surface area contributed by atoms with Crippen molar-refractivity contribution in [2.45, 2.75) is 6.92 Å². The molecule has 0 radical (unpaired) electrons. The molecule has 0 fully saturated rings. The van der Waals surface area contributed by atoms with E-state index in [4.69, 9.17) is 9.47 Å². The molecule has 0 heterocycles. The fourth-order valence-electron chi connectivity index (χ4n) is 2.60. The van der Waals surface area contributed by atoms with Crippen molar-refractivity contribution in [2.24, 2.45) is 0 Å². The van der Waals surface area contributed by atoms with Crippen LogP contribution < -0.4 is 10.1 Å². The van der Waals surface area contributed by atoms with Crippen molar-refractivity contribution in [3.8, 4) is 5.75 Å². The Labute approximate surface area is 151 Å². The Bertz CT molecular complexity index is 931. The van der Waals surface area contributed by atoms with Crippen LogP contribution in [0.4, 0.5) is 5.69 Å². The second-order valence-electron chi connectivity index (χ2n) is 5.62. The lowest BCUT2D eigenvalue weighted by molar-refractivity contribution is -0.118. The number of esters is 1. The summed E-state index contributed by atoms with van der Waals surface area (Å²) in [6.45, 7) is 1.92. The zero-order chi connectivity index (χ0) is 18.4. The summed E-state index contributed by atoms with van der Waals surface area (Å²) in [4.78, 5) is 23.9. The van der Waals surface area contributed by atoms with Crippen molar-refractivity contribution in [3.63, 3.8) is 0 Å². The average molecular weight is 349 g/mol. The first-order valence-corrected chi connectivity index (χ1v) is 8.35. The molecule has 1 amide bonds. The molecule has 0 aliphatic carbocycles. The van der Waals surface area contributed by atoms with Gasteiger partial charge in [-0.25, -0.2) is 4.79 Å². The van der Waals surface area contributed by atoms with E-state index in [1.807, 2.05) is 42.5 Å². The van der Waals surface area contributed by atoms with Crippen molar-refractivity contribution in [2.75, 3.05) is 18.5 Å². The number of amides is 1. The maximum atomic E-state index is 12.2. The van der Waals surface area contributed by atoms with Gasteiger partial charge < -0.3 is 14.8 Å². The van der Waals surface area contributed by atoms with Crippen LogP contribution in [0.5, 0.6) is 5.75 Å². The highest BCUT2D eigenvalue weighted by atomic mass is 16.5. The normalized spacial score (nSPS) is 10.3. The summed E-state index contributed by atoms with van der Waals surface area (Å²) in [5.41, 5.74) is 0.904. The highest BCUT2D eigenvalue weighted by Gasteiger charge is 2.10. The van der Waals surface area contributed by atoms with Gasteiger partial charge in [0.05, 0.1) is 12.2 Å². The van der Waals surface area contributed by atoms with Crippen LogP contribution in [0.3, 0.4) is 0 Å². The number of carbonyl (C=O) groups is 2. The van der Waals surface area contributed by atoms with E-state index in [0.717, 1.165) is 10.8 Å². The topological polar surface area (TPSA) is 64.6 Å². The van der Waals surface area contributed by atoms with Crippen LogP contribution in [-0.4, -0.2) is 25.1 Å². The van der Waals surface area contributed by atoms with Crippen LogP contribution in [0, 0.1) is 0 Å². The summed E-state index contributed by atoms with van der Waals surface area (Å²) in [5, 5.41) is 4.73. The molecule has 3 aromatic rings. The predicted octanol–water partition coefficient (Wildman–Crippen LogP) is 4.03. The average Bonchev–Trinajstić information content (AvgIpc) is 2.67. The van der Waals surface area contributed by atoms with Crippen LogP contribution in [0.2, 0.25) is 0 Å². The van der Waals surface area contributed by atoms with Gasteiger partial charge in [-0.2, -0.15) is 0 Å². The Morgan fingerprint density at radius 2 is 1.73 bits per heavy atom. The van der Waals surface area contributed by atoms with Crippen LogP contribution in [0.25, 0.3) is 10.8 Å². The largest absolute Gasteiger partial charge is 0.483 e. The number of benzene rings is 3. The van der Waals surface area contributed by atoms with E-state index in [2.05, 4.69) is 5.32 Å². The zero-order valence-electron chi connectivity index (χ0n) is 14.4. The molecule has 0 bridgehead atoms. The third-order valence-corrected chi connectivity index (χ3v) is 3.77. The first-order valence-electron chi connectivity index (χ1n) is 8.35. The number of ether oxygens (including phenoxy) is 2. The number of rotatable bonds is 6. The summed E-state index contributed by atoms with van der Waals surface area (Å²) >= 11 is 0. The Morgan fingerprint density at radius 1 is 0.962 bits per heavy atom. The summed E-state index contributed by atoms with van der Waals surface area (Å²) in [6, 6.07) is 20.1. The van der Waals surface area contributed by atoms with Gasteiger partial charge in [-0.15, -0.1) is 0 Å². The molecule has 0 aliphatic rings. The van der Waals surface area contributed by atoms with Crippen molar-refractivity contribution in [1.82, 2.24) is 0 Å². The van der Waals surface area contributed by atoms with E-state index in [9.17, 15) is 9.59 Å². The highest BCUT2D eigenvalue weighted by molar-refractivity contribution is 5.95. The third-order valence-electron chi connectivity index (χ3n) is 3.77. The van der Waals surface area contributed by atoms with Gasteiger partial charge in [0.1, 0.15) is 5.75 Å². The van der Waals surface area contributed by atoms with Gasteiger partial charge in [0.25, 0.3) is 5.91 Å². The highest BCUT2D eigenvalue weighted by Crippen LogP contribution is 2.25. The lowest BCUT2D eigenvalue weighted by Gasteiger charge is -2.10. The molecule has 0 atom stereocenters. The Hall–Kier alpha value is -3.34.